The van der Waals surface area contributed by atoms with Crippen LogP contribution in [-0.4, -0.2) is 23.8 Å². The third-order valence-corrected chi connectivity index (χ3v) is 4.09. The fraction of sp³-hybridized carbons (Fsp3) is 0.933. The van der Waals surface area contributed by atoms with Crippen LogP contribution in [-0.2, 0) is 9.53 Å². The molecular formula is C15H28O3. The van der Waals surface area contributed by atoms with Crippen LogP contribution in [0.4, 0.5) is 0 Å². The molecule has 3 atom stereocenters. The van der Waals surface area contributed by atoms with Crippen molar-refractivity contribution in [3.63, 3.8) is 0 Å². The van der Waals surface area contributed by atoms with Crippen molar-refractivity contribution >= 4 is 5.97 Å². The molecule has 3 heteroatoms. The molecule has 0 bridgehead atoms. The summed E-state index contributed by atoms with van der Waals surface area (Å²) in [4.78, 5) is 12.0. The zero-order valence-corrected chi connectivity index (χ0v) is 12.6. The lowest BCUT2D eigenvalue weighted by atomic mass is 9.60. The summed E-state index contributed by atoms with van der Waals surface area (Å²) in [6.45, 7) is 10.4. The number of methoxy groups -OCH3 is 1. The van der Waals surface area contributed by atoms with E-state index in [1.165, 1.54) is 7.11 Å². The molecule has 0 saturated heterocycles. The minimum Gasteiger partial charge on any atom is -0.469 e. The fourth-order valence-electron chi connectivity index (χ4n) is 4.07. The Balaban J connectivity index is 3.04. The van der Waals surface area contributed by atoms with Crippen LogP contribution in [0.1, 0.15) is 53.9 Å². The SMILES string of the molecule is COC(=O)C(C(C)C)C1(O)CC(C)CC(C)(C)C1. The Hall–Kier alpha value is -0.570. The summed E-state index contributed by atoms with van der Waals surface area (Å²) in [5.74, 6) is -0.185. The molecule has 18 heavy (non-hydrogen) atoms. The standard InChI is InChI=1S/C15H28O3/c1-10(2)12(13(16)18-6)15(17)8-11(3)7-14(4,5)9-15/h10-12,17H,7-9H2,1-6H3. The second-order valence-electron chi connectivity index (χ2n) is 7.20. The molecule has 0 heterocycles. The molecular weight excluding hydrogens is 228 g/mol. The number of ether oxygens (including phenoxy) is 1. The predicted octanol–water partition coefficient (Wildman–Crippen LogP) is 3.01. The summed E-state index contributed by atoms with van der Waals surface area (Å²) in [7, 11) is 1.40. The summed E-state index contributed by atoms with van der Waals surface area (Å²) in [6, 6.07) is 0. The summed E-state index contributed by atoms with van der Waals surface area (Å²) in [6.07, 6.45) is 2.46. The zero-order valence-electron chi connectivity index (χ0n) is 12.6. The van der Waals surface area contributed by atoms with Crippen LogP contribution in [0.15, 0.2) is 0 Å². The number of carbonyl (C=O) groups is 1. The van der Waals surface area contributed by atoms with Gasteiger partial charge in [0, 0.05) is 0 Å². The highest BCUT2D eigenvalue weighted by molar-refractivity contribution is 5.74. The minimum atomic E-state index is -0.928. The van der Waals surface area contributed by atoms with Crippen molar-refractivity contribution in [3.05, 3.63) is 0 Å². The van der Waals surface area contributed by atoms with E-state index in [1.54, 1.807) is 0 Å². The molecule has 3 unspecified atom stereocenters. The first-order valence-electron chi connectivity index (χ1n) is 6.91. The van der Waals surface area contributed by atoms with Gasteiger partial charge in [-0.1, -0.05) is 34.6 Å². The molecule has 0 amide bonds. The Morgan fingerprint density at radius 1 is 1.33 bits per heavy atom. The molecule has 106 valence electrons. The van der Waals surface area contributed by atoms with Gasteiger partial charge in [-0.25, -0.2) is 0 Å². The highest BCUT2D eigenvalue weighted by Gasteiger charge is 2.50. The molecule has 0 aromatic carbocycles. The van der Waals surface area contributed by atoms with Crippen molar-refractivity contribution in [2.45, 2.75) is 59.5 Å². The first-order chi connectivity index (χ1) is 8.11. The van der Waals surface area contributed by atoms with Gasteiger partial charge in [0.2, 0.25) is 0 Å². The average molecular weight is 256 g/mol. The summed E-state index contributed by atoms with van der Waals surface area (Å²) in [5.41, 5.74) is -0.851. The van der Waals surface area contributed by atoms with Gasteiger partial charge in [-0.15, -0.1) is 0 Å². The van der Waals surface area contributed by atoms with E-state index in [0.29, 0.717) is 18.8 Å². The summed E-state index contributed by atoms with van der Waals surface area (Å²) < 4.78 is 4.90. The van der Waals surface area contributed by atoms with Crippen molar-refractivity contribution in [3.8, 4) is 0 Å². The average Bonchev–Trinajstić information content (AvgIpc) is 2.11. The molecule has 1 aliphatic carbocycles. The van der Waals surface area contributed by atoms with Crippen molar-refractivity contribution in [2.75, 3.05) is 7.11 Å². The van der Waals surface area contributed by atoms with E-state index < -0.39 is 11.5 Å². The van der Waals surface area contributed by atoms with E-state index in [0.717, 1.165) is 6.42 Å². The maximum Gasteiger partial charge on any atom is 0.311 e. The van der Waals surface area contributed by atoms with Gasteiger partial charge in [-0.3, -0.25) is 4.79 Å². The van der Waals surface area contributed by atoms with Crippen LogP contribution in [0.5, 0.6) is 0 Å². The molecule has 0 spiro atoms. The first kappa shape index (κ1) is 15.5. The lowest BCUT2D eigenvalue weighted by Gasteiger charge is -2.48. The Kier molecular flexibility index (Phi) is 4.47. The quantitative estimate of drug-likeness (QED) is 0.790. The summed E-state index contributed by atoms with van der Waals surface area (Å²) >= 11 is 0. The molecule has 1 N–H and O–H groups in total. The molecule has 1 aliphatic rings. The maximum absolute atomic E-state index is 12.0. The predicted molar refractivity (Wildman–Crippen MR) is 72.1 cm³/mol. The van der Waals surface area contributed by atoms with Gasteiger partial charge in [0.15, 0.2) is 0 Å². The monoisotopic (exact) mass is 256 g/mol. The molecule has 0 radical (unpaired) electrons. The van der Waals surface area contributed by atoms with Crippen molar-refractivity contribution in [2.24, 2.45) is 23.2 Å². The Labute approximate surface area is 111 Å². The molecule has 1 fully saturated rings. The molecule has 0 aliphatic heterocycles. The minimum absolute atomic E-state index is 0.0770. The number of hydrogen-bond donors (Lipinski definition) is 1. The zero-order chi connectivity index (χ0) is 14.1. The lowest BCUT2D eigenvalue weighted by Crippen LogP contribution is -2.52. The number of carbonyl (C=O) groups excluding carboxylic acids is 1. The van der Waals surface area contributed by atoms with Crippen LogP contribution >= 0.6 is 0 Å². The van der Waals surface area contributed by atoms with Crippen LogP contribution in [0.3, 0.4) is 0 Å². The van der Waals surface area contributed by atoms with Crippen molar-refractivity contribution in [1.29, 1.82) is 0 Å². The Morgan fingerprint density at radius 3 is 2.28 bits per heavy atom. The van der Waals surface area contributed by atoms with E-state index in [-0.39, 0.29) is 17.3 Å². The van der Waals surface area contributed by atoms with Crippen LogP contribution < -0.4 is 0 Å². The first-order valence-corrected chi connectivity index (χ1v) is 6.91. The van der Waals surface area contributed by atoms with Crippen LogP contribution in [0.25, 0.3) is 0 Å². The number of esters is 1. The largest absolute Gasteiger partial charge is 0.469 e. The number of aliphatic hydroxyl groups is 1. The van der Waals surface area contributed by atoms with Crippen molar-refractivity contribution in [1.82, 2.24) is 0 Å². The van der Waals surface area contributed by atoms with Gasteiger partial charge in [-0.05, 0) is 36.5 Å². The third kappa shape index (κ3) is 3.25. The fourth-order valence-corrected chi connectivity index (χ4v) is 4.07. The van der Waals surface area contributed by atoms with Gasteiger partial charge < -0.3 is 9.84 Å². The molecule has 0 aromatic rings. The van der Waals surface area contributed by atoms with E-state index in [2.05, 4.69) is 20.8 Å². The Bertz CT molecular complexity index is 309. The maximum atomic E-state index is 12.0. The topological polar surface area (TPSA) is 46.5 Å². The summed E-state index contributed by atoms with van der Waals surface area (Å²) in [5, 5.41) is 11.0. The van der Waals surface area contributed by atoms with Crippen molar-refractivity contribution < 1.29 is 14.6 Å². The second-order valence-corrected chi connectivity index (χ2v) is 7.20. The molecule has 3 nitrogen and oxygen atoms in total. The van der Waals surface area contributed by atoms with E-state index in [9.17, 15) is 9.90 Å². The van der Waals surface area contributed by atoms with Gasteiger partial charge in [0.25, 0.3) is 0 Å². The van der Waals surface area contributed by atoms with E-state index in [4.69, 9.17) is 4.74 Å². The van der Waals surface area contributed by atoms with Gasteiger partial charge in [0.1, 0.15) is 0 Å². The molecule has 0 aromatic heterocycles. The highest BCUT2D eigenvalue weighted by atomic mass is 16.5. The van der Waals surface area contributed by atoms with Crippen LogP contribution in [0, 0.1) is 23.2 Å². The normalized spacial score (nSPS) is 33.2. The highest BCUT2D eigenvalue weighted by Crippen LogP contribution is 2.48. The number of rotatable bonds is 3. The molecule has 1 saturated carbocycles. The smallest absolute Gasteiger partial charge is 0.311 e. The Morgan fingerprint density at radius 2 is 1.89 bits per heavy atom. The van der Waals surface area contributed by atoms with Gasteiger partial charge in [-0.2, -0.15) is 0 Å². The molecule has 1 rings (SSSR count). The second kappa shape index (κ2) is 5.20. The third-order valence-electron chi connectivity index (χ3n) is 4.09. The van der Waals surface area contributed by atoms with E-state index in [1.807, 2.05) is 13.8 Å². The lowest BCUT2D eigenvalue weighted by molar-refractivity contribution is -0.169. The van der Waals surface area contributed by atoms with Gasteiger partial charge >= 0.3 is 5.97 Å². The van der Waals surface area contributed by atoms with Crippen LogP contribution in [0.2, 0.25) is 0 Å². The number of hydrogen-bond acceptors (Lipinski definition) is 3. The van der Waals surface area contributed by atoms with E-state index >= 15 is 0 Å². The van der Waals surface area contributed by atoms with Gasteiger partial charge in [0.05, 0.1) is 18.6 Å².